The maximum absolute atomic E-state index is 6.09. The molecular weight excluding hydrogens is 247 g/mol. The third-order valence-electron chi connectivity index (χ3n) is 2.59. The Hall–Kier alpha value is -0.480. The van der Waals surface area contributed by atoms with Gasteiger partial charge < -0.3 is 16.2 Å². The van der Waals surface area contributed by atoms with Gasteiger partial charge in [0, 0.05) is 16.6 Å². The van der Waals surface area contributed by atoms with Gasteiger partial charge in [-0.2, -0.15) is 0 Å². The average molecular weight is 263 g/mol. The fourth-order valence-electron chi connectivity index (χ4n) is 1.50. The van der Waals surface area contributed by atoms with E-state index >= 15 is 0 Å². The lowest BCUT2D eigenvalue weighted by atomic mass is 9.95. The van der Waals surface area contributed by atoms with Crippen molar-refractivity contribution in [1.29, 1.82) is 0 Å². The molecule has 2 unspecified atom stereocenters. The number of rotatable bonds is 4. The quantitative estimate of drug-likeness (QED) is 0.877. The summed E-state index contributed by atoms with van der Waals surface area (Å²) < 4.78 is 5.24. The van der Waals surface area contributed by atoms with Crippen LogP contribution in [0.25, 0.3) is 0 Å². The van der Waals surface area contributed by atoms with Crippen LogP contribution in [-0.4, -0.2) is 13.7 Å². The summed E-state index contributed by atoms with van der Waals surface area (Å²) >= 11 is 12.0. The largest absolute Gasteiger partial charge is 0.495 e. The maximum atomic E-state index is 6.09. The third-order valence-corrected chi connectivity index (χ3v) is 3.08. The van der Waals surface area contributed by atoms with Gasteiger partial charge in [-0.25, -0.2) is 0 Å². The van der Waals surface area contributed by atoms with Gasteiger partial charge in [0.25, 0.3) is 0 Å². The van der Waals surface area contributed by atoms with Crippen LogP contribution < -0.4 is 16.2 Å². The molecule has 0 saturated heterocycles. The normalized spacial score (nSPS) is 14.6. The Morgan fingerprint density at radius 1 is 1.38 bits per heavy atom. The van der Waals surface area contributed by atoms with Gasteiger partial charge in [-0.05, 0) is 24.6 Å². The van der Waals surface area contributed by atoms with E-state index in [2.05, 4.69) is 0 Å². The highest BCUT2D eigenvalue weighted by molar-refractivity contribution is 6.35. The molecule has 16 heavy (non-hydrogen) atoms. The van der Waals surface area contributed by atoms with Crippen molar-refractivity contribution < 1.29 is 4.74 Å². The van der Waals surface area contributed by atoms with Crippen LogP contribution in [0.3, 0.4) is 0 Å². The summed E-state index contributed by atoms with van der Waals surface area (Å²) in [7, 11) is 1.55. The molecule has 0 aromatic heterocycles. The Balaban J connectivity index is 3.20. The number of hydrogen-bond acceptors (Lipinski definition) is 3. The zero-order valence-corrected chi connectivity index (χ0v) is 10.8. The number of ether oxygens (including phenoxy) is 1. The van der Waals surface area contributed by atoms with E-state index in [1.807, 2.05) is 6.92 Å². The highest BCUT2D eigenvalue weighted by Gasteiger charge is 2.20. The number of methoxy groups -OCH3 is 1. The van der Waals surface area contributed by atoms with Gasteiger partial charge in [-0.1, -0.05) is 30.1 Å². The zero-order chi connectivity index (χ0) is 12.3. The van der Waals surface area contributed by atoms with Crippen molar-refractivity contribution in [2.75, 3.05) is 13.7 Å². The Morgan fingerprint density at radius 3 is 2.50 bits per heavy atom. The molecule has 0 spiro atoms. The summed E-state index contributed by atoms with van der Waals surface area (Å²) in [5.41, 5.74) is 12.5. The van der Waals surface area contributed by atoms with Crippen molar-refractivity contribution in [3.8, 4) is 5.75 Å². The molecule has 1 rings (SSSR count). The lowest BCUT2D eigenvalue weighted by Gasteiger charge is -2.21. The van der Waals surface area contributed by atoms with Crippen molar-refractivity contribution in [3.05, 3.63) is 27.7 Å². The molecule has 5 heteroatoms. The molecule has 0 amide bonds. The summed E-state index contributed by atoms with van der Waals surface area (Å²) in [5, 5.41) is 1.00. The fraction of sp³-hybridized carbons (Fsp3) is 0.455. The van der Waals surface area contributed by atoms with E-state index in [1.54, 1.807) is 19.2 Å². The van der Waals surface area contributed by atoms with Crippen LogP contribution >= 0.6 is 23.2 Å². The molecule has 90 valence electrons. The molecule has 0 heterocycles. The van der Waals surface area contributed by atoms with Crippen LogP contribution in [0.2, 0.25) is 10.0 Å². The van der Waals surface area contributed by atoms with Crippen molar-refractivity contribution in [3.63, 3.8) is 0 Å². The summed E-state index contributed by atoms with van der Waals surface area (Å²) in [4.78, 5) is 0. The van der Waals surface area contributed by atoms with Crippen LogP contribution in [0, 0.1) is 5.92 Å². The highest BCUT2D eigenvalue weighted by atomic mass is 35.5. The van der Waals surface area contributed by atoms with Gasteiger partial charge in [-0.15, -0.1) is 0 Å². The molecule has 0 aliphatic heterocycles. The molecule has 0 aliphatic rings. The molecular formula is C11H16Cl2N2O. The maximum Gasteiger partial charge on any atom is 0.142 e. The summed E-state index contributed by atoms with van der Waals surface area (Å²) in [6, 6.07) is 3.16. The van der Waals surface area contributed by atoms with Crippen molar-refractivity contribution >= 4 is 23.2 Å². The molecule has 0 aliphatic carbocycles. The minimum absolute atomic E-state index is 0.128. The van der Waals surface area contributed by atoms with Crippen LogP contribution in [0.4, 0.5) is 0 Å². The summed E-state index contributed by atoms with van der Waals surface area (Å²) in [6.07, 6.45) is 0. The van der Waals surface area contributed by atoms with Crippen LogP contribution in [0.5, 0.6) is 5.75 Å². The second-order valence-electron chi connectivity index (χ2n) is 3.75. The Labute approximate surface area is 106 Å². The standard InChI is InChI=1S/C11H16Cl2N2O/c1-6(5-14)10(15)8-3-7(12)4-9(13)11(8)16-2/h3-4,6,10H,5,14-15H2,1-2H3. The lowest BCUT2D eigenvalue weighted by molar-refractivity contribution is 0.393. The minimum atomic E-state index is -0.240. The van der Waals surface area contributed by atoms with E-state index in [0.717, 1.165) is 5.56 Å². The monoisotopic (exact) mass is 262 g/mol. The number of benzene rings is 1. The molecule has 2 atom stereocenters. The minimum Gasteiger partial charge on any atom is -0.495 e. The molecule has 1 aromatic carbocycles. The molecule has 0 bridgehead atoms. The van der Waals surface area contributed by atoms with Gasteiger partial charge in [0.2, 0.25) is 0 Å². The van der Waals surface area contributed by atoms with Gasteiger partial charge >= 0.3 is 0 Å². The van der Waals surface area contributed by atoms with Gasteiger partial charge in [0.1, 0.15) is 5.75 Å². The van der Waals surface area contributed by atoms with Crippen LogP contribution in [-0.2, 0) is 0 Å². The Morgan fingerprint density at radius 2 is 2.00 bits per heavy atom. The zero-order valence-electron chi connectivity index (χ0n) is 9.34. The van der Waals surface area contributed by atoms with Crippen LogP contribution in [0.15, 0.2) is 12.1 Å². The van der Waals surface area contributed by atoms with Crippen LogP contribution in [0.1, 0.15) is 18.5 Å². The van der Waals surface area contributed by atoms with Crippen molar-refractivity contribution in [1.82, 2.24) is 0 Å². The van der Waals surface area contributed by atoms with E-state index < -0.39 is 0 Å². The fourth-order valence-corrected chi connectivity index (χ4v) is 2.08. The van der Waals surface area contributed by atoms with E-state index in [0.29, 0.717) is 22.3 Å². The smallest absolute Gasteiger partial charge is 0.142 e. The summed E-state index contributed by atoms with van der Waals surface area (Å²) in [6.45, 7) is 2.47. The molecule has 0 fully saturated rings. The van der Waals surface area contributed by atoms with Crippen molar-refractivity contribution in [2.45, 2.75) is 13.0 Å². The third kappa shape index (κ3) is 2.80. The Bertz CT molecular complexity index is 371. The molecule has 3 nitrogen and oxygen atoms in total. The molecule has 0 radical (unpaired) electrons. The van der Waals surface area contributed by atoms with E-state index in [-0.39, 0.29) is 12.0 Å². The number of nitrogens with two attached hydrogens (primary N) is 2. The molecule has 4 N–H and O–H groups in total. The molecule has 1 aromatic rings. The lowest BCUT2D eigenvalue weighted by Crippen LogP contribution is -2.26. The Kier molecular flexibility index (Phi) is 4.87. The first-order chi connectivity index (χ1) is 7.51. The predicted molar refractivity (Wildman–Crippen MR) is 68.2 cm³/mol. The first kappa shape index (κ1) is 13.6. The van der Waals surface area contributed by atoms with E-state index in [1.165, 1.54) is 0 Å². The van der Waals surface area contributed by atoms with Crippen molar-refractivity contribution in [2.24, 2.45) is 17.4 Å². The van der Waals surface area contributed by atoms with Gasteiger partial charge in [0.05, 0.1) is 12.1 Å². The topological polar surface area (TPSA) is 61.3 Å². The van der Waals surface area contributed by atoms with Gasteiger partial charge in [-0.3, -0.25) is 0 Å². The second kappa shape index (κ2) is 5.73. The van der Waals surface area contributed by atoms with E-state index in [9.17, 15) is 0 Å². The number of hydrogen-bond donors (Lipinski definition) is 2. The van der Waals surface area contributed by atoms with E-state index in [4.69, 9.17) is 39.4 Å². The average Bonchev–Trinajstić information content (AvgIpc) is 2.26. The molecule has 0 saturated carbocycles. The highest BCUT2D eigenvalue weighted by Crippen LogP contribution is 2.36. The first-order valence-electron chi connectivity index (χ1n) is 4.99. The first-order valence-corrected chi connectivity index (χ1v) is 5.75. The van der Waals surface area contributed by atoms with Gasteiger partial charge in [0.15, 0.2) is 0 Å². The number of halogens is 2. The predicted octanol–water partition coefficient (Wildman–Crippen LogP) is 2.60. The second-order valence-corrected chi connectivity index (χ2v) is 4.59. The summed E-state index contributed by atoms with van der Waals surface area (Å²) in [5.74, 6) is 0.697. The SMILES string of the molecule is COc1c(Cl)cc(Cl)cc1C(N)C(C)CN.